The number of methoxy groups -OCH3 is 2. The number of halogens is 1. The molecule has 3 heterocycles. The largest absolute Gasteiger partial charge is 0.496 e. The summed E-state index contributed by atoms with van der Waals surface area (Å²) in [5.74, 6) is 0.890. The van der Waals surface area contributed by atoms with E-state index in [0.717, 1.165) is 22.6 Å². The minimum Gasteiger partial charge on any atom is -0.496 e. The minimum absolute atomic E-state index is 0.0355. The number of rotatable bonds is 3. The number of pyridine rings is 1. The van der Waals surface area contributed by atoms with Crippen molar-refractivity contribution in [1.82, 2.24) is 14.7 Å². The van der Waals surface area contributed by atoms with Gasteiger partial charge in [0.2, 0.25) is 5.91 Å². The molecule has 1 aliphatic rings. The predicted octanol–water partition coefficient (Wildman–Crippen LogP) is 3.16. The van der Waals surface area contributed by atoms with Crippen molar-refractivity contribution in [3.05, 3.63) is 58.5 Å². The topological polar surface area (TPSA) is 64.9 Å². The highest BCUT2D eigenvalue weighted by Gasteiger charge is 2.31. The Balaban J connectivity index is 1.96. The van der Waals surface area contributed by atoms with Gasteiger partial charge in [-0.3, -0.25) is 4.79 Å². The lowest BCUT2D eigenvalue weighted by Gasteiger charge is -2.20. The third-order valence-electron chi connectivity index (χ3n) is 4.70. The van der Waals surface area contributed by atoms with E-state index in [-0.39, 0.29) is 18.2 Å². The Hall–Kier alpha value is -2.73. The second-order valence-electron chi connectivity index (χ2n) is 6.13. The molecule has 26 heavy (non-hydrogen) atoms. The standard InChI is InChI=1S/C19H18ClN3O3/c1-25-15-9-16(26-2)13(20)7-11(15)12-8-18(24)21-10-14-19(12)23-6-4-3-5-17(23)22-14/h3-7,9,12H,8,10H2,1-2H3,(H,21,24)/t12-/m0/s1. The average molecular weight is 372 g/mol. The van der Waals surface area contributed by atoms with Crippen molar-refractivity contribution in [3.63, 3.8) is 0 Å². The number of carbonyl (C=O) groups excluding carboxylic acids is 1. The van der Waals surface area contributed by atoms with Crippen molar-refractivity contribution in [2.75, 3.05) is 14.2 Å². The number of carbonyl (C=O) groups is 1. The molecule has 4 rings (SSSR count). The van der Waals surface area contributed by atoms with Crippen LogP contribution < -0.4 is 14.8 Å². The number of nitrogens with zero attached hydrogens (tertiary/aromatic N) is 2. The van der Waals surface area contributed by atoms with E-state index in [1.54, 1.807) is 20.3 Å². The molecule has 7 heteroatoms. The van der Waals surface area contributed by atoms with Gasteiger partial charge in [0, 0.05) is 30.2 Å². The molecule has 6 nitrogen and oxygen atoms in total. The maximum Gasteiger partial charge on any atom is 0.221 e. The number of hydrogen-bond acceptors (Lipinski definition) is 4. The zero-order chi connectivity index (χ0) is 18.3. The van der Waals surface area contributed by atoms with Gasteiger partial charge in [-0.05, 0) is 18.2 Å². The van der Waals surface area contributed by atoms with Crippen LogP contribution in [0.1, 0.15) is 29.3 Å². The van der Waals surface area contributed by atoms with Crippen LogP contribution in [0.4, 0.5) is 0 Å². The lowest BCUT2D eigenvalue weighted by molar-refractivity contribution is -0.121. The van der Waals surface area contributed by atoms with Gasteiger partial charge in [-0.15, -0.1) is 0 Å². The molecule has 3 aromatic rings. The van der Waals surface area contributed by atoms with E-state index in [1.807, 2.05) is 34.9 Å². The molecular formula is C19H18ClN3O3. The summed E-state index contributed by atoms with van der Waals surface area (Å²) in [6.45, 7) is 0.401. The number of hydrogen-bond donors (Lipinski definition) is 1. The molecule has 2 aromatic heterocycles. The normalized spacial score (nSPS) is 16.7. The van der Waals surface area contributed by atoms with Gasteiger partial charge >= 0.3 is 0 Å². The molecule has 0 unspecified atom stereocenters. The average Bonchev–Trinajstić information content (AvgIpc) is 2.94. The van der Waals surface area contributed by atoms with Crippen molar-refractivity contribution in [2.45, 2.75) is 18.9 Å². The molecule has 0 bridgehead atoms. The fourth-order valence-corrected chi connectivity index (χ4v) is 3.76. The molecule has 1 amide bonds. The number of nitrogens with one attached hydrogen (secondary N) is 1. The second-order valence-corrected chi connectivity index (χ2v) is 6.54. The van der Waals surface area contributed by atoms with E-state index in [9.17, 15) is 4.79 Å². The monoisotopic (exact) mass is 371 g/mol. The molecule has 1 atom stereocenters. The number of amides is 1. The van der Waals surface area contributed by atoms with E-state index >= 15 is 0 Å². The molecule has 0 spiro atoms. The van der Waals surface area contributed by atoms with Gasteiger partial charge in [0.05, 0.1) is 37.2 Å². The van der Waals surface area contributed by atoms with Crippen LogP contribution in [0.15, 0.2) is 36.5 Å². The summed E-state index contributed by atoms with van der Waals surface area (Å²) in [5.41, 5.74) is 3.50. The Kier molecular flexibility index (Phi) is 4.20. The van der Waals surface area contributed by atoms with Crippen LogP contribution in [0, 0.1) is 0 Å². The molecule has 0 saturated carbocycles. The molecule has 134 valence electrons. The third kappa shape index (κ3) is 2.66. The maximum absolute atomic E-state index is 12.3. The van der Waals surface area contributed by atoms with Crippen molar-refractivity contribution in [3.8, 4) is 11.5 Å². The molecular weight excluding hydrogens is 354 g/mol. The fourth-order valence-electron chi connectivity index (χ4n) is 3.51. The first kappa shape index (κ1) is 16.7. The van der Waals surface area contributed by atoms with Crippen LogP contribution in [-0.2, 0) is 11.3 Å². The summed E-state index contributed by atoms with van der Waals surface area (Å²) in [7, 11) is 3.15. The summed E-state index contributed by atoms with van der Waals surface area (Å²) >= 11 is 6.37. The molecule has 1 N–H and O–H groups in total. The highest BCUT2D eigenvalue weighted by Crippen LogP contribution is 2.42. The second kappa shape index (κ2) is 6.53. The molecule has 0 saturated heterocycles. The van der Waals surface area contributed by atoms with Crippen molar-refractivity contribution in [1.29, 1.82) is 0 Å². The van der Waals surface area contributed by atoms with Crippen molar-refractivity contribution in [2.24, 2.45) is 0 Å². The highest BCUT2D eigenvalue weighted by atomic mass is 35.5. The number of aromatic nitrogens is 2. The SMILES string of the molecule is COc1cc(OC)c([C@@H]2CC(=O)NCc3nc4ccccn4c32)cc1Cl. The summed E-state index contributed by atoms with van der Waals surface area (Å²) in [6, 6.07) is 9.41. The van der Waals surface area contributed by atoms with Gasteiger partial charge < -0.3 is 19.2 Å². The van der Waals surface area contributed by atoms with Crippen LogP contribution in [0.5, 0.6) is 11.5 Å². The summed E-state index contributed by atoms with van der Waals surface area (Å²) < 4.78 is 12.9. The van der Waals surface area contributed by atoms with E-state index in [1.165, 1.54) is 0 Å². The Morgan fingerprint density at radius 2 is 2.04 bits per heavy atom. The smallest absolute Gasteiger partial charge is 0.221 e. The molecule has 0 fully saturated rings. The fraction of sp³-hybridized carbons (Fsp3) is 0.263. The number of fused-ring (bicyclic) bond motifs is 3. The summed E-state index contributed by atoms with van der Waals surface area (Å²) in [5, 5.41) is 3.40. The molecule has 0 aliphatic carbocycles. The molecule has 1 aliphatic heterocycles. The van der Waals surface area contributed by atoms with Gasteiger partial charge in [-0.1, -0.05) is 17.7 Å². The van der Waals surface area contributed by atoms with E-state index < -0.39 is 0 Å². The lowest BCUT2D eigenvalue weighted by Crippen LogP contribution is -2.21. The first-order valence-corrected chi connectivity index (χ1v) is 8.64. The molecule has 1 aromatic carbocycles. The van der Waals surface area contributed by atoms with Gasteiger partial charge in [0.15, 0.2) is 0 Å². The Labute approximate surface area is 155 Å². The van der Waals surface area contributed by atoms with Crippen LogP contribution in [0.25, 0.3) is 5.65 Å². The summed E-state index contributed by atoms with van der Waals surface area (Å²) in [6.07, 6.45) is 2.25. The number of ether oxygens (including phenoxy) is 2. The Bertz CT molecular complexity index is 999. The third-order valence-corrected chi connectivity index (χ3v) is 4.99. The van der Waals surface area contributed by atoms with Gasteiger partial charge in [0.1, 0.15) is 17.1 Å². The summed E-state index contributed by atoms with van der Waals surface area (Å²) in [4.78, 5) is 17.0. The number of benzene rings is 1. The first-order chi connectivity index (χ1) is 12.6. The lowest BCUT2D eigenvalue weighted by atomic mass is 9.90. The predicted molar refractivity (Wildman–Crippen MR) is 98.1 cm³/mol. The van der Waals surface area contributed by atoms with E-state index in [4.69, 9.17) is 21.1 Å². The van der Waals surface area contributed by atoms with Crippen molar-refractivity contribution < 1.29 is 14.3 Å². The zero-order valence-electron chi connectivity index (χ0n) is 14.5. The minimum atomic E-state index is -0.233. The Morgan fingerprint density at radius 1 is 1.23 bits per heavy atom. The highest BCUT2D eigenvalue weighted by molar-refractivity contribution is 6.32. The molecule has 0 radical (unpaired) electrons. The van der Waals surface area contributed by atoms with Crippen LogP contribution in [-0.4, -0.2) is 29.5 Å². The zero-order valence-corrected chi connectivity index (χ0v) is 15.2. The quantitative estimate of drug-likeness (QED) is 0.768. The van der Waals surface area contributed by atoms with Crippen molar-refractivity contribution >= 4 is 23.2 Å². The van der Waals surface area contributed by atoms with E-state index in [2.05, 4.69) is 10.3 Å². The van der Waals surface area contributed by atoms with Gasteiger partial charge in [-0.2, -0.15) is 0 Å². The Morgan fingerprint density at radius 3 is 2.81 bits per heavy atom. The first-order valence-electron chi connectivity index (χ1n) is 8.26. The van der Waals surface area contributed by atoms with Crippen LogP contribution in [0.2, 0.25) is 5.02 Å². The van der Waals surface area contributed by atoms with E-state index in [0.29, 0.717) is 23.1 Å². The van der Waals surface area contributed by atoms with Crippen LogP contribution in [0.3, 0.4) is 0 Å². The van der Waals surface area contributed by atoms with Gasteiger partial charge in [0.25, 0.3) is 0 Å². The maximum atomic E-state index is 12.3. The number of imidazole rings is 1. The van der Waals surface area contributed by atoms with Gasteiger partial charge in [-0.25, -0.2) is 4.98 Å². The van der Waals surface area contributed by atoms with Crippen LogP contribution >= 0.6 is 11.6 Å².